The summed E-state index contributed by atoms with van der Waals surface area (Å²) in [6.45, 7) is 5.68. The molecule has 1 aromatic rings. The standard InChI is InChI=1S/C16H26N2/c1-14(17)11-16-9-5-6-10-18(13-16)12-15-7-3-2-4-8-15/h2-4,7-8,14,16H,5-6,9-13,17H2,1H3. The quantitative estimate of drug-likeness (QED) is 0.885. The summed E-state index contributed by atoms with van der Waals surface area (Å²) in [7, 11) is 0. The van der Waals surface area contributed by atoms with Crippen molar-refractivity contribution in [2.45, 2.75) is 45.2 Å². The van der Waals surface area contributed by atoms with Gasteiger partial charge in [0.05, 0.1) is 0 Å². The lowest BCUT2D eigenvalue weighted by Gasteiger charge is -2.25. The topological polar surface area (TPSA) is 29.3 Å². The predicted octanol–water partition coefficient (Wildman–Crippen LogP) is 3.03. The minimum atomic E-state index is 0.340. The van der Waals surface area contributed by atoms with Gasteiger partial charge in [-0.05, 0) is 44.2 Å². The van der Waals surface area contributed by atoms with Crippen molar-refractivity contribution in [3.05, 3.63) is 35.9 Å². The molecule has 100 valence electrons. The van der Waals surface area contributed by atoms with Crippen molar-refractivity contribution in [1.29, 1.82) is 0 Å². The molecule has 0 spiro atoms. The van der Waals surface area contributed by atoms with E-state index >= 15 is 0 Å². The van der Waals surface area contributed by atoms with Crippen molar-refractivity contribution < 1.29 is 0 Å². The summed E-state index contributed by atoms with van der Waals surface area (Å²) in [5.41, 5.74) is 7.38. The molecule has 0 aromatic heterocycles. The van der Waals surface area contributed by atoms with Gasteiger partial charge in [-0.15, -0.1) is 0 Å². The molecular formula is C16H26N2. The van der Waals surface area contributed by atoms with Gasteiger partial charge in [-0.2, -0.15) is 0 Å². The Hall–Kier alpha value is -0.860. The Bertz CT molecular complexity index is 334. The predicted molar refractivity (Wildman–Crippen MR) is 77.3 cm³/mol. The van der Waals surface area contributed by atoms with Gasteiger partial charge in [-0.1, -0.05) is 36.8 Å². The summed E-state index contributed by atoms with van der Waals surface area (Å²) in [5.74, 6) is 0.788. The van der Waals surface area contributed by atoms with E-state index in [1.807, 2.05) is 0 Å². The zero-order valence-electron chi connectivity index (χ0n) is 11.5. The van der Waals surface area contributed by atoms with E-state index in [4.69, 9.17) is 5.73 Å². The molecule has 0 saturated carbocycles. The lowest BCUT2D eigenvalue weighted by Crippen LogP contribution is -2.30. The first-order valence-corrected chi connectivity index (χ1v) is 7.26. The third kappa shape index (κ3) is 4.43. The molecule has 18 heavy (non-hydrogen) atoms. The van der Waals surface area contributed by atoms with Crippen molar-refractivity contribution in [3.63, 3.8) is 0 Å². The lowest BCUT2D eigenvalue weighted by atomic mass is 9.96. The van der Waals surface area contributed by atoms with Crippen LogP contribution in [0.15, 0.2) is 30.3 Å². The number of nitrogens with zero attached hydrogens (tertiary/aromatic N) is 1. The molecule has 0 radical (unpaired) electrons. The Labute approximate surface area is 111 Å². The van der Waals surface area contributed by atoms with Crippen molar-refractivity contribution >= 4 is 0 Å². The van der Waals surface area contributed by atoms with Gasteiger partial charge in [-0.25, -0.2) is 0 Å². The highest BCUT2D eigenvalue weighted by atomic mass is 15.1. The van der Waals surface area contributed by atoms with Gasteiger partial charge in [0, 0.05) is 19.1 Å². The number of hydrogen-bond acceptors (Lipinski definition) is 2. The summed E-state index contributed by atoms with van der Waals surface area (Å²) in [6.07, 6.45) is 5.23. The first kappa shape index (κ1) is 13.6. The number of hydrogen-bond donors (Lipinski definition) is 1. The maximum atomic E-state index is 5.95. The van der Waals surface area contributed by atoms with Crippen LogP contribution in [0.25, 0.3) is 0 Å². The molecule has 2 rings (SSSR count). The molecule has 2 unspecified atom stereocenters. The van der Waals surface area contributed by atoms with Crippen LogP contribution in [0.5, 0.6) is 0 Å². The third-order valence-corrected chi connectivity index (χ3v) is 3.81. The van der Waals surface area contributed by atoms with E-state index in [1.165, 1.54) is 44.3 Å². The van der Waals surface area contributed by atoms with Crippen molar-refractivity contribution in [3.8, 4) is 0 Å². The van der Waals surface area contributed by atoms with Crippen LogP contribution < -0.4 is 5.73 Å². The molecule has 0 bridgehead atoms. The highest BCUT2D eigenvalue weighted by Crippen LogP contribution is 2.21. The van der Waals surface area contributed by atoms with Crippen LogP contribution in [0.4, 0.5) is 0 Å². The van der Waals surface area contributed by atoms with Gasteiger partial charge in [0.1, 0.15) is 0 Å². The summed E-state index contributed by atoms with van der Waals surface area (Å²) in [4.78, 5) is 2.61. The molecule has 2 N–H and O–H groups in total. The Balaban J connectivity index is 1.91. The minimum absolute atomic E-state index is 0.340. The van der Waals surface area contributed by atoms with E-state index in [0.29, 0.717) is 6.04 Å². The molecule has 1 aromatic carbocycles. The fourth-order valence-corrected chi connectivity index (χ4v) is 3.02. The van der Waals surface area contributed by atoms with Crippen LogP contribution in [0, 0.1) is 5.92 Å². The van der Waals surface area contributed by atoms with Gasteiger partial charge in [0.2, 0.25) is 0 Å². The number of rotatable bonds is 4. The molecule has 2 nitrogen and oxygen atoms in total. The second-order valence-electron chi connectivity index (χ2n) is 5.80. The van der Waals surface area contributed by atoms with Gasteiger partial charge >= 0.3 is 0 Å². The van der Waals surface area contributed by atoms with Gasteiger partial charge in [-0.3, -0.25) is 4.90 Å². The van der Waals surface area contributed by atoms with Crippen molar-refractivity contribution in [2.75, 3.05) is 13.1 Å². The molecule has 2 heteroatoms. The summed E-state index contributed by atoms with van der Waals surface area (Å²) < 4.78 is 0. The summed E-state index contributed by atoms with van der Waals surface area (Å²) in [6, 6.07) is 11.1. The van der Waals surface area contributed by atoms with E-state index in [0.717, 1.165) is 12.5 Å². The molecule has 0 aliphatic carbocycles. The normalized spacial score (nSPS) is 23.6. The van der Waals surface area contributed by atoms with Gasteiger partial charge in [0.15, 0.2) is 0 Å². The molecule has 1 saturated heterocycles. The van der Waals surface area contributed by atoms with Crippen LogP contribution in [-0.4, -0.2) is 24.0 Å². The third-order valence-electron chi connectivity index (χ3n) is 3.81. The average Bonchev–Trinajstić information content (AvgIpc) is 2.55. The van der Waals surface area contributed by atoms with Gasteiger partial charge in [0.25, 0.3) is 0 Å². The minimum Gasteiger partial charge on any atom is -0.328 e. The van der Waals surface area contributed by atoms with E-state index < -0.39 is 0 Å². The SMILES string of the molecule is CC(N)CC1CCCCN(Cc2ccccc2)C1. The molecule has 1 fully saturated rings. The maximum absolute atomic E-state index is 5.95. The second kappa shape index (κ2) is 6.91. The maximum Gasteiger partial charge on any atom is 0.0233 e. The number of likely N-dealkylation sites (tertiary alicyclic amines) is 1. The van der Waals surface area contributed by atoms with Crippen molar-refractivity contribution in [1.82, 2.24) is 4.90 Å². The highest BCUT2D eigenvalue weighted by Gasteiger charge is 2.19. The van der Waals surface area contributed by atoms with Crippen LogP contribution in [0.3, 0.4) is 0 Å². The Morgan fingerprint density at radius 2 is 2.06 bits per heavy atom. The summed E-state index contributed by atoms with van der Waals surface area (Å²) >= 11 is 0. The zero-order chi connectivity index (χ0) is 12.8. The average molecular weight is 246 g/mol. The highest BCUT2D eigenvalue weighted by molar-refractivity contribution is 5.14. The largest absolute Gasteiger partial charge is 0.328 e. The van der Waals surface area contributed by atoms with E-state index in [-0.39, 0.29) is 0 Å². The first-order valence-electron chi connectivity index (χ1n) is 7.26. The Morgan fingerprint density at radius 1 is 1.28 bits per heavy atom. The van der Waals surface area contributed by atoms with E-state index in [9.17, 15) is 0 Å². The van der Waals surface area contributed by atoms with E-state index in [1.54, 1.807) is 0 Å². The number of nitrogens with two attached hydrogens (primary N) is 1. The van der Waals surface area contributed by atoms with E-state index in [2.05, 4.69) is 42.2 Å². The lowest BCUT2D eigenvalue weighted by molar-refractivity contribution is 0.231. The second-order valence-corrected chi connectivity index (χ2v) is 5.80. The molecule has 1 aliphatic heterocycles. The first-order chi connectivity index (χ1) is 8.74. The van der Waals surface area contributed by atoms with Crippen LogP contribution in [-0.2, 0) is 6.54 Å². The van der Waals surface area contributed by atoms with Crippen LogP contribution in [0.2, 0.25) is 0 Å². The summed E-state index contributed by atoms with van der Waals surface area (Å²) in [5, 5.41) is 0. The zero-order valence-corrected chi connectivity index (χ0v) is 11.5. The van der Waals surface area contributed by atoms with Gasteiger partial charge < -0.3 is 5.73 Å². The van der Waals surface area contributed by atoms with Crippen LogP contribution >= 0.6 is 0 Å². The Kier molecular flexibility index (Phi) is 5.21. The fraction of sp³-hybridized carbons (Fsp3) is 0.625. The van der Waals surface area contributed by atoms with Crippen molar-refractivity contribution in [2.24, 2.45) is 11.7 Å². The molecule has 0 amide bonds. The molecule has 1 heterocycles. The smallest absolute Gasteiger partial charge is 0.0233 e. The monoisotopic (exact) mass is 246 g/mol. The molecule has 1 aliphatic rings. The van der Waals surface area contributed by atoms with Crippen LogP contribution in [0.1, 0.15) is 38.2 Å². The fourth-order valence-electron chi connectivity index (χ4n) is 3.02. The molecular weight excluding hydrogens is 220 g/mol. The Morgan fingerprint density at radius 3 is 2.78 bits per heavy atom. The number of benzene rings is 1. The molecule has 2 atom stereocenters.